The molecule has 47 heavy (non-hydrogen) atoms. The fourth-order valence-electron chi connectivity index (χ4n) is 8.14. The van der Waals surface area contributed by atoms with Crippen molar-refractivity contribution in [1.29, 1.82) is 0 Å². The number of carbonyl (C=O) groups is 2. The molecule has 1 aromatic rings. The number of unbranched alkanes of at least 4 members (excludes halogenated alkanes) is 1. The number of alkyl halides is 3. The summed E-state index contributed by atoms with van der Waals surface area (Å²) in [5.41, 5.74) is -2.42. The first-order valence-electron chi connectivity index (χ1n) is 17.0. The van der Waals surface area contributed by atoms with Gasteiger partial charge in [0.15, 0.2) is 0 Å². The lowest BCUT2D eigenvalue weighted by Gasteiger charge is -2.45. The third-order valence-electron chi connectivity index (χ3n) is 10.7. The maximum Gasteiger partial charge on any atom is 0.432 e. The van der Waals surface area contributed by atoms with Gasteiger partial charge in [0.05, 0.1) is 5.41 Å². The molecule has 0 aromatic heterocycles. The lowest BCUT2D eigenvalue weighted by molar-refractivity contribution is -0.279. The molecule has 0 heterocycles. The van der Waals surface area contributed by atoms with E-state index in [0.717, 1.165) is 52.1 Å². The van der Waals surface area contributed by atoms with Gasteiger partial charge in [-0.15, -0.1) is 0 Å². The van der Waals surface area contributed by atoms with Crippen molar-refractivity contribution in [3.63, 3.8) is 0 Å². The summed E-state index contributed by atoms with van der Waals surface area (Å²) in [7, 11) is 0.885. The van der Waals surface area contributed by atoms with E-state index >= 15 is 0 Å². The second-order valence-electron chi connectivity index (χ2n) is 14.9. The number of halogens is 4. The van der Waals surface area contributed by atoms with E-state index < -0.39 is 41.2 Å². The Morgan fingerprint density at radius 1 is 1.13 bits per heavy atom. The first-order valence-corrected chi connectivity index (χ1v) is 17.9. The Morgan fingerprint density at radius 3 is 2.34 bits per heavy atom. The highest BCUT2D eigenvalue weighted by atomic mass is 79.9. The van der Waals surface area contributed by atoms with Crippen LogP contribution in [0.1, 0.15) is 105 Å². The van der Waals surface area contributed by atoms with Crippen molar-refractivity contribution in [1.82, 2.24) is 0 Å². The van der Waals surface area contributed by atoms with Gasteiger partial charge in [-0.25, -0.2) is 4.79 Å². The quantitative estimate of drug-likeness (QED) is 0.141. The molecule has 0 radical (unpaired) electrons. The van der Waals surface area contributed by atoms with Gasteiger partial charge in [0.1, 0.15) is 12.7 Å². The summed E-state index contributed by atoms with van der Waals surface area (Å²) >= 11 is 3.58. The molecular formula is C38H54BrF3O5. The highest BCUT2D eigenvalue weighted by Crippen LogP contribution is 2.60. The Balaban J connectivity index is 2.04. The van der Waals surface area contributed by atoms with Gasteiger partial charge in [0, 0.05) is 18.6 Å². The smallest absolute Gasteiger partial charge is 0.432 e. The minimum atomic E-state index is -5.10. The molecule has 2 aliphatic carbocycles. The van der Waals surface area contributed by atoms with Crippen LogP contribution >= 0.6 is 15.9 Å². The molecule has 264 valence electrons. The maximum absolute atomic E-state index is 15.0. The molecule has 7 atom stereocenters. The Kier molecular flexibility index (Phi) is 13.4. The summed E-state index contributed by atoms with van der Waals surface area (Å²) in [5.74, 6) is -1.68. The molecule has 2 fully saturated rings. The zero-order chi connectivity index (χ0) is 35.2. The number of fused-ring (bicyclic) bond motifs is 1. The zero-order valence-electron chi connectivity index (χ0n) is 29.2. The summed E-state index contributed by atoms with van der Waals surface area (Å²) in [4.78, 5) is 28.8. The van der Waals surface area contributed by atoms with Crippen LogP contribution in [0.3, 0.4) is 0 Å². The molecule has 0 amide bonds. The first-order chi connectivity index (χ1) is 22.0. The van der Waals surface area contributed by atoms with E-state index in [1.165, 1.54) is 29.8 Å². The summed E-state index contributed by atoms with van der Waals surface area (Å²) in [6.07, 6.45) is 1.65. The topological polar surface area (TPSA) is 61.8 Å². The molecule has 2 aliphatic rings. The molecule has 0 spiro atoms. The molecule has 3 rings (SSSR count). The van der Waals surface area contributed by atoms with Crippen LogP contribution in [0.4, 0.5) is 13.2 Å². The molecule has 9 heteroatoms. The monoisotopic (exact) mass is 726 g/mol. The summed E-state index contributed by atoms with van der Waals surface area (Å²) < 4.78 is 61.7. The predicted molar refractivity (Wildman–Crippen MR) is 183 cm³/mol. The molecule has 0 aliphatic heterocycles. The molecule has 0 unspecified atom stereocenters. The minimum Gasteiger partial charge on any atom is -0.461 e. The van der Waals surface area contributed by atoms with Crippen LogP contribution in [-0.2, 0) is 29.4 Å². The third-order valence-corrected chi connectivity index (χ3v) is 11.3. The molecule has 0 bridgehead atoms. The van der Waals surface area contributed by atoms with Crippen molar-refractivity contribution in [2.45, 2.75) is 117 Å². The first kappa shape index (κ1) is 39.3. The number of hydrogen-bond donors (Lipinski definition) is 0. The summed E-state index contributed by atoms with van der Waals surface area (Å²) in [6.45, 7) is 15.9. The van der Waals surface area contributed by atoms with Crippen LogP contribution in [-0.4, -0.2) is 37.9 Å². The van der Waals surface area contributed by atoms with E-state index in [1.54, 1.807) is 26.8 Å². The number of methoxy groups -OCH3 is 1. The van der Waals surface area contributed by atoms with Gasteiger partial charge >= 0.3 is 18.1 Å². The molecule has 0 saturated heterocycles. The number of carbonyl (C=O) groups excluding carboxylic acids is 2. The van der Waals surface area contributed by atoms with Crippen LogP contribution in [0.15, 0.2) is 53.0 Å². The van der Waals surface area contributed by atoms with E-state index in [-0.39, 0.29) is 23.5 Å². The lowest BCUT2D eigenvalue weighted by atomic mass is 9.61. The van der Waals surface area contributed by atoms with Crippen molar-refractivity contribution in [2.75, 3.05) is 13.7 Å². The second-order valence-corrected chi connectivity index (χ2v) is 15.4. The van der Waals surface area contributed by atoms with Crippen molar-refractivity contribution >= 4 is 27.9 Å². The molecule has 2 saturated carbocycles. The molecule has 5 nitrogen and oxygen atoms in total. The van der Waals surface area contributed by atoms with E-state index in [4.69, 9.17) is 14.2 Å². The van der Waals surface area contributed by atoms with Gasteiger partial charge in [0.2, 0.25) is 0 Å². The molecular weight excluding hydrogens is 673 g/mol. The van der Waals surface area contributed by atoms with Crippen LogP contribution in [0.25, 0.3) is 0 Å². The van der Waals surface area contributed by atoms with E-state index in [0.29, 0.717) is 30.3 Å². The Morgan fingerprint density at radius 2 is 1.79 bits per heavy atom. The van der Waals surface area contributed by atoms with Gasteiger partial charge < -0.3 is 14.2 Å². The average molecular weight is 728 g/mol. The molecule has 1 aromatic carbocycles. The highest BCUT2D eigenvalue weighted by Gasteiger charge is 2.64. The van der Waals surface area contributed by atoms with Crippen LogP contribution in [0.2, 0.25) is 0 Å². The number of allylic oxidation sites excluding steroid dienone is 1. The Hall–Kier alpha value is -2.13. The highest BCUT2D eigenvalue weighted by molar-refractivity contribution is 9.11. The van der Waals surface area contributed by atoms with E-state index in [1.807, 2.05) is 6.92 Å². The largest absolute Gasteiger partial charge is 0.461 e. The number of benzene rings is 1. The minimum absolute atomic E-state index is 0.0334. The zero-order valence-corrected chi connectivity index (χ0v) is 30.8. The standard InChI is InChI=1S/C38H54BrF3O5/c1-9-10-18-29(26(3)24-46-33(43)35(4,5)6)32(22-25(2)30-19-20-31-27(23-39)15-14-21-36(30,31)7)47-34(44)37(45-8,38(40,41)42)28-16-12-11-13-17-28/h11-13,16-17,23,25,29-32H,3,9-10,14-15,18-22,24H2,1-2,4-8H3/b27-23+/t25-,29+,30-,31+,32+,36-,37+/m1/s1. The second kappa shape index (κ2) is 16.1. The van der Waals surface area contributed by atoms with Gasteiger partial charge in [-0.05, 0) is 99.4 Å². The Bertz CT molecular complexity index is 1260. The summed E-state index contributed by atoms with van der Waals surface area (Å²) in [5, 5.41) is 0. The van der Waals surface area contributed by atoms with Crippen LogP contribution < -0.4 is 0 Å². The van der Waals surface area contributed by atoms with Gasteiger partial charge in [-0.2, -0.15) is 13.2 Å². The van der Waals surface area contributed by atoms with Gasteiger partial charge in [-0.1, -0.05) is 92.0 Å². The SMILES string of the molecule is C=C(COC(=O)C(C)(C)C)[C@H](CCCC)[C@H](C[C@@H](C)[C@H]1CC[C@H]2/C(=C/Br)CCC[C@]12C)OC(=O)[C@@](OC)(c1ccccc1)C(F)(F)F. The molecule has 0 N–H and O–H groups in total. The maximum atomic E-state index is 15.0. The van der Waals surface area contributed by atoms with E-state index in [2.05, 4.69) is 41.3 Å². The fourth-order valence-corrected chi connectivity index (χ4v) is 8.68. The van der Waals surface area contributed by atoms with Crippen LogP contribution in [0, 0.1) is 34.5 Å². The van der Waals surface area contributed by atoms with Crippen molar-refractivity contribution < 1.29 is 37.0 Å². The third kappa shape index (κ3) is 8.55. The number of rotatable bonds is 14. The van der Waals surface area contributed by atoms with E-state index in [9.17, 15) is 22.8 Å². The number of esters is 2. The summed E-state index contributed by atoms with van der Waals surface area (Å²) in [6, 6.07) is 6.92. The van der Waals surface area contributed by atoms with Gasteiger partial charge in [0.25, 0.3) is 5.60 Å². The van der Waals surface area contributed by atoms with Crippen molar-refractivity contribution in [3.8, 4) is 0 Å². The van der Waals surface area contributed by atoms with Crippen molar-refractivity contribution in [3.05, 3.63) is 58.6 Å². The number of ether oxygens (including phenoxy) is 3. The normalized spacial score (nSPS) is 25.7. The van der Waals surface area contributed by atoms with Gasteiger partial charge in [-0.3, -0.25) is 4.79 Å². The number of hydrogen-bond acceptors (Lipinski definition) is 5. The van der Waals surface area contributed by atoms with Crippen molar-refractivity contribution in [2.24, 2.45) is 34.5 Å². The average Bonchev–Trinajstić information content (AvgIpc) is 3.37. The van der Waals surface area contributed by atoms with Crippen LogP contribution in [0.5, 0.6) is 0 Å². The lowest BCUT2D eigenvalue weighted by Crippen LogP contribution is -2.53. The fraction of sp³-hybridized carbons (Fsp3) is 0.684. The Labute approximate surface area is 288 Å². The predicted octanol–water partition coefficient (Wildman–Crippen LogP) is 10.5.